The van der Waals surface area contributed by atoms with Crippen LogP contribution < -0.4 is 5.73 Å². The lowest BCUT2D eigenvalue weighted by molar-refractivity contribution is -0.139. The van der Waals surface area contributed by atoms with E-state index >= 15 is 0 Å². The summed E-state index contributed by atoms with van der Waals surface area (Å²) in [5.41, 5.74) is 5.65. The number of hydrogen-bond acceptors (Lipinski definition) is 3. The Morgan fingerprint density at radius 2 is 1.81 bits per heavy atom. The smallest absolute Gasteiger partial charge is 0.233 e. The molecule has 2 amide bonds. The fraction of sp³-hybridized carbons (Fsp3) is 0.667. The number of imide groups is 1. The van der Waals surface area contributed by atoms with Gasteiger partial charge in [-0.25, -0.2) is 0 Å². The normalized spacial score (nSPS) is 30.8. The molecule has 4 nitrogen and oxygen atoms in total. The topological polar surface area (TPSA) is 63.4 Å². The van der Waals surface area contributed by atoms with E-state index in [0.29, 0.717) is 25.8 Å². The zero-order valence-corrected chi connectivity index (χ0v) is 9.56. The highest BCUT2D eigenvalue weighted by Gasteiger charge is 2.46. The van der Waals surface area contributed by atoms with Crippen molar-refractivity contribution in [2.75, 3.05) is 6.54 Å². The molecule has 0 radical (unpaired) electrons. The first-order valence-corrected chi connectivity index (χ1v) is 5.87. The number of nitrogens with zero attached hydrogens (tertiary/aromatic N) is 1. The van der Waals surface area contributed by atoms with E-state index in [2.05, 4.69) is 0 Å². The Bertz CT molecular complexity index is 310. The maximum atomic E-state index is 12.0. The minimum atomic E-state index is -0.106. The predicted molar refractivity (Wildman–Crippen MR) is 60.3 cm³/mol. The standard InChI is InChI=1S/C12H18N2O2/c1-8(13)6-7-14-11(15)9-4-2-3-5-10(9)12(14)16/h2-3,8-10H,4-7,13H2,1H3. The first kappa shape index (κ1) is 11.3. The monoisotopic (exact) mass is 222 g/mol. The summed E-state index contributed by atoms with van der Waals surface area (Å²) in [6, 6.07) is 0.0290. The molecule has 3 atom stereocenters. The molecule has 0 saturated carbocycles. The zero-order valence-electron chi connectivity index (χ0n) is 9.56. The number of hydrogen-bond donors (Lipinski definition) is 1. The lowest BCUT2D eigenvalue weighted by Crippen LogP contribution is -2.34. The molecule has 2 aliphatic rings. The van der Waals surface area contributed by atoms with Crippen molar-refractivity contribution >= 4 is 11.8 Å². The van der Waals surface area contributed by atoms with Gasteiger partial charge in [0.2, 0.25) is 11.8 Å². The van der Waals surface area contributed by atoms with E-state index in [1.54, 1.807) is 0 Å². The Hall–Kier alpha value is -1.16. The molecular weight excluding hydrogens is 204 g/mol. The molecule has 0 aromatic rings. The molecule has 1 aliphatic heterocycles. The van der Waals surface area contributed by atoms with Crippen molar-refractivity contribution in [2.45, 2.75) is 32.2 Å². The van der Waals surface area contributed by atoms with Crippen molar-refractivity contribution in [3.05, 3.63) is 12.2 Å². The Labute approximate surface area is 95.5 Å². The van der Waals surface area contributed by atoms with Gasteiger partial charge in [0, 0.05) is 12.6 Å². The van der Waals surface area contributed by atoms with Crippen LogP contribution in [-0.4, -0.2) is 29.3 Å². The molecule has 1 aliphatic carbocycles. The molecule has 0 aromatic carbocycles. The van der Waals surface area contributed by atoms with Gasteiger partial charge in [-0.05, 0) is 26.2 Å². The van der Waals surface area contributed by atoms with Crippen LogP contribution in [-0.2, 0) is 9.59 Å². The third-order valence-corrected chi connectivity index (χ3v) is 3.41. The van der Waals surface area contributed by atoms with Gasteiger partial charge in [-0.3, -0.25) is 14.5 Å². The van der Waals surface area contributed by atoms with Crippen LogP contribution in [0.15, 0.2) is 12.2 Å². The van der Waals surface area contributed by atoms with Crippen molar-refractivity contribution in [1.82, 2.24) is 4.90 Å². The largest absolute Gasteiger partial charge is 0.328 e. The van der Waals surface area contributed by atoms with Gasteiger partial charge in [0.15, 0.2) is 0 Å². The molecule has 0 aromatic heterocycles. The quantitative estimate of drug-likeness (QED) is 0.564. The summed E-state index contributed by atoms with van der Waals surface area (Å²) in [5.74, 6) is -0.212. The molecule has 16 heavy (non-hydrogen) atoms. The minimum Gasteiger partial charge on any atom is -0.328 e. The van der Waals surface area contributed by atoms with Crippen LogP contribution in [0.4, 0.5) is 0 Å². The summed E-state index contributed by atoms with van der Waals surface area (Å²) in [5, 5.41) is 0. The molecular formula is C12H18N2O2. The number of fused-ring (bicyclic) bond motifs is 1. The van der Waals surface area contributed by atoms with E-state index in [-0.39, 0.29) is 29.7 Å². The van der Waals surface area contributed by atoms with Crippen LogP contribution in [0.5, 0.6) is 0 Å². The van der Waals surface area contributed by atoms with Gasteiger partial charge in [0.25, 0.3) is 0 Å². The van der Waals surface area contributed by atoms with E-state index in [1.807, 2.05) is 19.1 Å². The van der Waals surface area contributed by atoms with E-state index in [1.165, 1.54) is 4.90 Å². The second kappa shape index (κ2) is 4.37. The van der Waals surface area contributed by atoms with Crippen molar-refractivity contribution in [3.8, 4) is 0 Å². The van der Waals surface area contributed by atoms with Crippen LogP contribution >= 0.6 is 0 Å². The summed E-state index contributed by atoms with van der Waals surface area (Å²) in [6.45, 7) is 2.36. The van der Waals surface area contributed by atoms with E-state index in [4.69, 9.17) is 5.73 Å². The van der Waals surface area contributed by atoms with Gasteiger partial charge < -0.3 is 5.73 Å². The number of allylic oxidation sites excluding steroid dienone is 2. The van der Waals surface area contributed by atoms with Gasteiger partial charge in [0.1, 0.15) is 0 Å². The average molecular weight is 222 g/mol. The van der Waals surface area contributed by atoms with Crippen LogP contribution in [0, 0.1) is 11.8 Å². The van der Waals surface area contributed by atoms with Crippen LogP contribution in [0.1, 0.15) is 26.2 Å². The lowest BCUT2D eigenvalue weighted by atomic mass is 9.85. The Morgan fingerprint density at radius 1 is 1.31 bits per heavy atom. The SMILES string of the molecule is CC(N)CCN1C(=O)C2CC=CCC2C1=O. The second-order valence-electron chi connectivity index (χ2n) is 4.75. The lowest BCUT2D eigenvalue weighted by Gasteiger charge is -2.15. The third kappa shape index (κ3) is 1.89. The van der Waals surface area contributed by atoms with Crippen molar-refractivity contribution < 1.29 is 9.59 Å². The van der Waals surface area contributed by atoms with Gasteiger partial charge in [0.05, 0.1) is 11.8 Å². The summed E-state index contributed by atoms with van der Waals surface area (Å²) < 4.78 is 0. The Morgan fingerprint density at radius 3 is 2.25 bits per heavy atom. The molecule has 1 saturated heterocycles. The van der Waals surface area contributed by atoms with Gasteiger partial charge in [-0.2, -0.15) is 0 Å². The molecule has 0 spiro atoms. The second-order valence-corrected chi connectivity index (χ2v) is 4.75. The van der Waals surface area contributed by atoms with Gasteiger partial charge in [-0.15, -0.1) is 0 Å². The summed E-state index contributed by atoms with van der Waals surface area (Å²) in [7, 11) is 0. The van der Waals surface area contributed by atoms with Gasteiger partial charge >= 0.3 is 0 Å². The van der Waals surface area contributed by atoms with Crippen LogP contribution in [0.3, 0.4) is 0 Å². The highest BCUT2D eigenvalue weighted by Crippen LogP contribution is 2.34. The number of amides is 2. The van der Waals surface area contributed by atoms with Crippen molar-refractivity contribution in [1.29, 1.82) is 0 Å². The van der Waals surface area contributed by atoms with Crippen LogP contribution in [0.2, 0.25) is 0 Å². The molecule has 2 N–H and O–H groups in total. The molecule has 1 fully saturated rings. The van der Waals surface area contributed by atoms with Crippen LogP contribution in [0.25, 0.3) is 0 Å². The van der Waals surface area contributed by atoms with Crippen molar-refractivity contribution in [3.63, 3.8) is 0 Å². The summed E-state index contributed by atoms with van der Waals surface area (Å²) in [4.78, 5) is 25.4. The van der Waals surface area contributed by atoms with E-state index in [0.717, 1.165) is 0 Å². The Kier molecular flexibility index (Phi) is 3.10. The summed E-state index contributed by atoms with van der Waals surface area (Å²) in [6.07, 6.45) is 6.11. The number of rotatable bonds is 3. The zero-order chi connectivity index (χ0) is 11.7. The molecule has 1 heterocycles. The fourth-order valence-corrected chi connectivity index (χ4v) is 2.42. The van der Waals surface area contributed by atoms with Gasteiger partial charge in [-0.1, -0.05) is 12.2 Å². The minimum absolute atomic E-state index is 0.000000000000000222. The highest BCUT2D eigenvalue weighted by atomic mass is 16.2. The first-order chi connectivity index (χ1) is 7.61. The number of carbonyl (C=O) groups is 2. The van der Waals surface area contributed by atoms with Crippen molar-refractivity contribution in [2.24, 2.45) is 17.6 Å². The number of carbonyl (C=O) groups excluding carboxylic acids is 2. The predicted octanol–water partition coefficient (Wildman–Crippen LogP) is 0.675. The highest BCUT2D eigenvalue weighted by molar-refractivity contribution is 6.05. The average Bonchev–Trinajstić information content (AvgIpc) is 2.50. The molecule has 4 heteroatoms. The number of nitrogens with two attached hydrogens (primary N) is 1. The molecule has 0 bridgehead atoms. The van der Waals surface area contributed by atoms with E-state index < -0.39 is 0 Å². The molecule has 3 unspecified atom stereocenters. The van der Waals surface area contributed by atoms with E-state index in [9.17, 15) is 9.59 Å². The maximum absolute atomic E-state index is 12.0. The molecule has 2 rings (SSSR count). The Balaban J connectivity index is 2.06. The maximum Gasteiger partial charge on any atom is 0.233 e. The number of likely N-dealkylation sites (tertiary alicyclic amines) is 1. The first-order valence-electron chi connectivity index (χ1n) is 5.87. The summed E-state index contributed by atoms with van der Waals surface area (Å²) >= 11 is 0. The third-order valence-electron chi connectivity index (χ3n) is 3.41. The fourth-order valence-electron chi connectivity index (χ4n) is 2.42. The molecule has 88 valence electrons.